The third-order valence-electron chi connectivity index (χ3n) is 7.82. The molecule has 0 saturated carbocycles. The van der Waals surface area contributed by atoms with E-state index in [-0.39, 0.29) is 11.5 Å². The molecule has 5 aromatic rings. The monoisotopic (exact) mass is 649 g/mol. The average molecular weight is 650 g/mol. The number of allylic oxidation sites excluding steroid dienone is 1. The van der Waals surface area contributed by atoms with Crippen LogP contribution in [0.2, 0.25) is 5.02 Å². The molecule has 0 aliphatic carbocycles. The van der Waals surface area contributed by atoms with Crippen LogP contribution in [0.3, 0.4) is 0 Å². The van der Waals surface area contributed by atoms with Crippen molar-refractivity contribution in [1.82, 2.24) is 4.57 Å². The van der Waals surface area contributed by atoms with Crippen molar-refractivity contribution < 1.29 is 14.3 Å². The quantitative estimate of drug-likeness (QED) is 0.202. The smallest absolute Gasteiger partial charge is 0.271 e. The second-order valence-corrected chi connectivity index (χ2v) is 12.6. The highest BCUT2D eigenvalue weighted by atomic mass is 35.5. The molecular formula is C37H32ClN3O4S. The van der Waals surface area contributed by atoms with Crippen LogP contribution in [0.1, 0.15) is 40.8 Å². The van der Waals surface area contributed by atoms with Crippen LogP contribution >= 0.6 is 22.9 Å². The Bertz CT molecular complexity index is 2130. The molecule has 1 atom stereocenters. The summed E-state index contributed by atoms with van der Waals surface area (Å²) in [7, 11) is 1.60. The predicted octanol–water partition coefficient (Wildman–Crippen LogP) is 6.73. The van der Waals surface area contributed by atoms with Gasteiger partial charge in [-0.3, -0.25) is 14.2 Å². The number of aromatic nitrogens is 1. The van der Waals surface area contributed by atoms with Gasteiger partial charge in [-0.05, 0) is 91.6 Å². The van der Waals surface area contributed by atoms with Crippen molar-refractivity contribution in [3.8, 4) is 11.5 Å². The summed E-state index contributed by atoms with van der Waals surface area (Å²) < 4.78 is 13.4. The molecule has 4 aromatic carbocycles. The molecular weight excluding hydrogens is 618 g/mol. The maximum Gasteiger partial charge on any atom is 0.271 e. The fourth-order valence-electron chi connectivity index (χ4n) is 5.42. The molecule has 7 nitrogen and oxygen atoms in total. The summed E-state index contributed by atoms with van der Waals surface area (Å²) in [5, 5.41) is 3.75. The number of nitrogens with one attached hydrogen (secondary N) is 1. The Morgan fingerprint density at radius 3 is 2.33 bits per heavy atom. The van der Waals surface area contributed by atoms with Crippen LogP contribution in [0.4, 0.5) is 5.69 Å². The number of ether oxygens (including phenoxy) is 2. The van der Waals surface area contributed by atoms with E-state index >= 15 is 0 Å². The molecule has 0 bridgehead atoms. The number of amides is 1. The van der Waals surface area contributed by atoms with E-state index in [1.165, 1.54) is 11.3 Å². The summed E-state index contributed by atoms with van der Waals surface area (Å²) in [4.78, 5) is 33.3. The Morgan fingerprint density at radius 2 is 1.65 bits per heavy atom. The van der Waals surface area contributed by atoms with Gasteiger partial charge in [-0.25, -0.2) is 4.99 Å². The molecule has 46 heavy (non-hydrogen) atoms. The summed E-state index contributed by atoms with van der Waals surface area (Å²) in [6.07, 6.45) is 1.84. The second-order valence-electron chi connectivity index (χ2n) is 11.1. The number of anilines is 1. The lowest BCUT2D eigenvalue weighted by Crippen LogP contribution is -2.40. The zero-order valence-electron chi connectivity index (χ0n) is 25.8. The highest BCUT2D eigenvalue weighted by Gasteiger charge is 2.32. The lowest BCUT2D eigenvalue weighted by atomic mass is 9.95. The van der Waals surface area contributed by atoms with Crippen LogP contribution in [-0.2, 0) is 11.4 Å². The average Bonchev–Trinajstić information content (AvgIpc) is 3.35. The number of fused-ring (bicyclic) bond motifs is 1. The van der Waals surface area contributed by atoms with Gasteiger partial charge < -0.3 is 14.8 Å². The maximum atomic E-state index is 14.1. The van der Waals surface area contributed by atoms with E-state index < -0.39 is 6.04 Å². The van der Waals surface area contributed by atoms with Crippen molar-refractivity contribution in [2.45, 2.75) is 33.4 Å². The van der Waals surface area contributed by atoms with Crippen molar-refractivity contribution in [1.29, 1.82) is 0 Å². The molecule has 0 saturated heterocycles. The lowest BCUT2D eigenvalue weighted by Gasteiger charge is -2.25. The van der Waals surface area contributed by atoms with Crippen molar-refractivity contribution >= 4 is 40.6 Å². The number of rotatable bonds is 8. The SMILES string of the molecule is COc1ccc([C@H]2C(C(=O)Nc3ccc(C)cc3C)=C(C)N=c3s/c(=C/c4ccc(OCc5ccc(Cl)cc5)cc4)c(=O)n32)cc1. The van der Waals surface area contributed by atoms with Gasteiger partial charge in [0.1, 0.15) is 18.1 Å². The molecule has 1 aliphatic rings. The van der Waals surface area contributed by atoms with Crippen LogP contribution in [0.25, 0.3) is 6.08 Å². The molecule has 0 spiro atoms. The summed E-state index contributed by atoms with van der Waals surface area (Å²) in [5.41, 5.74) is 6.13. The summed E-state index contributed by atoms with van der Waals surface area (Å²) >= 11 is 7.27. The van der Waals surface area contributed by atoms with Crippen LogP contribution in [0, 0.1) is 13.8 Å². The molecule has 1 N–H and O–H groups in total. The van der Waals surface area contributed by atoms with Gasteiger partial charge in [-0.15, -0.1) is 0 Å². The number of aryl methyl sites for hydroxylation is 2. The summed E-state index contributed by atoms with van der Waals surface area (Å²) in [6, 6.07) is 27.7. The van der Waals surface area contributed by atoms with E-state index in [0.717, 1.165) is 27.8 Å². The molecule has 1 aromatic heterocycles. The third-order valence-corrected chi connectivity index (χ3v) is 9.06. The highest BCUT2D eigenvalue weighted by molar-refractivity contribution is 7.07. The minimum Gasteiger partial charge on any atom is -0.497 e. The van der Waals surface area contributed by atoms with Crippen LogP contribution < -0.4 is 29.7 Å². The minimum absolute atomic E-state index is 0.225. The molecule has 6 rings (SSSR count). The third kappa shape index (κ3) is 6.54. The van der Waals surface area contributed by atoms with Crippen molar-refractivity contribution in [2.24, 2.45) is 4.99 Å². The fourth-order valence-corrected chi connectivity index (χ4v) is 6.59. The van der Waals surface area contributed by atoms with E-state index in [1.807, 2.05) is 118 Å². The molecule has 1 aliphatic heterocycles. The topological polar surface area (TPSA) is 81.9 Å². The van der Waals surface area contributed by atoms with Gasteiger partial charge in [0.25, 0.3) is 11.5 Å². The van der Waals surface area contributed by atoms with Crippen molar-refractivity contribution in [2.75, 3.05) is 12.4 Å². The first-order valence-corrected chi connectivity index (χ1v) is 15.9. The number of benzene rings is 4. The molecule has 232 valence electrons. The standard InChI is InChI=1S/C37H32ClN3O4S/c1-22-5-18-31(23(2)19-22)40-35(42)33-24(3)39-37-41(34(33)27-10-16-29(44-4)17-11-27)36(43)32(46-37)20-25-8-14-30(15-9-25)45-21-26-6-12-28(38)13-7-26/h5-20,34H,21H2,1-4H3,(H,40,42)/b32-20+/t34-/m0/s1. The Hall–Kier alpha value is -4.92. The van der Waals surface area contributed by atoms with E-state index in [9.17, 15) is 9.59 Å². The molecule has 0 radical (unpaired) electrons. The second kappa shape index (κ2) is 13.2. The lowest BCUT2D eigenvalue weighted by molar-refractivity contribution is -0.113. The van der Waals surface area contributed by atoms with Crippen molar-refractivity contribution in [3.05, 3.63) is 155 Å². The number of carbonyl (C=O) groups excluding carboxylic acids is 1. The minimum atomic E-state index is -0.682. The number of halogens is 1. The van der Waals surface area contributed by atoms with Crippen molar-refractivity contribution in [3.63, 3.8) is 0 Å². The normalized spacial score (nSPS) is 14.5. The summed E-state index contributed by atoms with van der Waals surface area (Å²) in [5.74, 6) is 1.08. The van der Waals surface area contributed by atoms with Gasteiger partial charge >= 0.3 is 0 Å². The van der Waals surface area contributed by atoms with Crippen LogP contribution in [0.15, 0.2) is 112 Å². The predicted molar refractivity (Wildman–Crippen MR) is 184 cm³/mol. The zero-order valence-corrected chi connectivity index (χ0v) is 27.4. The molecule has 0 unspecified atom stereocenters. The Kier molecular flexibility index (Phi) is 8.92. The van der Waals surface area contributed by atoms with Crippen LogP contribution in [0.5, 0.6) is 11.5 Å². The molecule has 2 heterocycles. The maximum absolute atomic E-state index is 14.1. The Balaban J connectivity index is 1.34. The Labute approximate surface area is 275 Å². The fraction of sp³-hybridized carbons (Fsp3) is 0.162. The van der Waals surface area contributed by atoms with Gasteiger partial charge in [-0.2, -0.15) is 0 Å². The zero-order chi connectivity index (χ0) is 32.4. The van der Waals surface area contributed by atoms with E-state index in [0.29, 0.717) is 49.4 Å². The number of carbonyl (C=O) groups is 1. The van der Waals surface area contributed by atoms with E-state index in [4.69, 9.17) is 26.1 Å². The number of hydrogen-bond acceptors (Lipinski definition) is 6. The van der Waals surface area contributed by atoms with E-state index in [1.54, 1.807) is 11.7 Å². The van der Waals surface area contributed by atoms with Gasteiger partial charge in [0.05, 0.1) is 29.0 Å². The molecule has 9 heteroatoms. The number of thiazole rings is 1. The Morgan fingerprint density at radius 1 is 0.957 bits per heavy atom. The highest BCUT2D eigenvalue weighted by Crippen LogP contribution is 2.32. The largest absolute Gasteiger partial charge is 0.497 e. The van der Waals surface area contributed by atoms with Gasteiger partial charge in [0, 0.05) is 10.7 Å². The van der Waals surface area contributed by atoms with Crippen LogP contribution in [-0.4, -0.2) is 17.6 Å². The number of nitrogens with zero attached hydrogens (tertiary/aromatic N) is 2. The number of hydrogen-bond donors (Lipinski definition) is 1. The van der Waals surface area contributed by atoms with Gasteiger partial charge in [-0.1, -0.05) is 77.0 Å². The molecule has 1 amide bonds. The number of methoxy groups -OCH3 is 1. The first kappa shape index (κ1) is 31.1. The first-order valence-electron chi connectivity index (χ1n) is 14.7. The van der Waals surface area contributed by atoms with Gasteiger partial charge in [0.15, 0.2) is 4.80 Å². The first-order chi connectivity index (χ1) is 22.2. The van der Waals surface area contributed by atoms with E-state index in [2.05, 4.69) is 5.32 Å². The van der Waals surface area contributed by atoms with Gasteiger partial charge in [0.2, 0.25) is 0 Å². The summed E-state index contributed by atoms with van der Waals surface area (Å²) in [6.45, 7) is 6.19. The molecule has 0 fully saturated rings.